The predicted molar refractivity (Wildman–Crippen MR) is 91.4 cm³/mol. The Hall–Kier alpha value is -2.98. The first-order chi connectivity index (χ1) is 11.6. The van der Waals surface area contributed by atoms with E-state index in [1.807, 2.05) is 6.07 Å². The Kier molecular flexibility index (Phi) is 5.04. The van der Waals surface area contributed by atoms with E-state index in [2.05, 4.69) is 5.16 Å². The molecule has 2 aromatic rings. The van der Waals surface area contributed by atoms with Crippen molar-refractivity contribution in [2.75, 3.05) is 0 Å². The van der Waals surface area contributed by atoms with Crippen LogP contribution in [0.5, 0.6) is 11.5 Å². The van der Waals surface area contributed by atoms with Gasteiger partial charge >= 0.3 is 0 Å². The molecule has 0 fully saturated rings. The van der Waals surface area contributed by atoms with Gasteiger partial charge in [0.1, 0.15) is 17.4 Å². The summed E-state index contributed by atoms with van der Waals surface area (Å²) in [5, 5.41) is 45.5. The summed E-state index contributed by atoms with van der Waals surface area (Å²) < 4.78 is 0.395. The quantitative estimate of drug-likeness (QED) is 0.377. The van der Waals surface area contributed by atoms with Crippen molar-refractivity contribution in [1.82, 2.24) is 0 Å². The zero-order chi connectivity index (χ0) is 18.8. The number of hydrogen-bond acceptors (Lipinski definition) is 6. The van der Waals surface area contributed by atoms with E-state index >= 15 is 0 Å². The van der Waals surface area contributed by atoms with Crippen LogP contribution in [0, 0.1) is 16.5 Å². The van der Waals surface area contributed by atoms with Gasteiger partial charge in [-0.15, -0.1) is 0 Å². The maximum Gasteiger partial charge on any atom is 0.288 e. The molecule has 25 heavy (non-hydrogen) atoms. The molecule has 2 rings (SSSR count). The summed E-state index contributed by atoms with van der Waals surface area (Å²) in [7, 11) is 0. The number of aromatic hydroxyl groups is 2. The van der Waals surface area contributed by atoms with Crippen LogP contribution in [0.3, 0.4) is 0 Å². The minimum Gasteiger partial charge on any atom is -0.618 e. The second-order valence-corrected chi connectivity index (χ2v) is 6.58. The smallest absolute Gasteiger partial charge is 0.288 e. The van der Waals surface area contributed by atoms with Gasteiger partial charge in [0.25, 0.3) is 5.69 Å². The molecule has 0 atom stereocenters. The van der Waals surface area contributed by atoms with Crippen molar-refractivity contribution in [3.05, 3.63) is 57.5 Å². The van der Waals surface area contributed by atoms with Crippen LogP contribution in [0.1, 0.15) is 37.6 Å². The number of benzene rings is 1. The van der Waals surface area contributed by atoms with Crippen LogP contribution in [-0.2, 0) is 4.84 Å². The standard InChI is InChI=1S/C17H16ClN3O4/c1-17(2,3)25-20-15(16-13(22)5-4-6-21(16)24)11-8-12(18)10(9-19)7-14(11)23/h4-8,22-23H,1-3H3. The normalized spacial score (nSPS) is 11.9. The van der Waals surface area contributed by atoms with E-state index in [0.29, 0.717) is 4.73 Å². The van der Waals surface area contributed by atoms with Crippen molar-refractivity contribution in [2.24, 2.45) is 5.16 Å². The summed E-state index contributed by atoms with van der Waals surface area (Å²) >= 11 is 6.03. The number of halogens is 1. The molecule has 7 nitrogen and oxygen atoms in total. The van der Waals surface area contributed by atoms with Gasteiger partial charge in [-0.25, -0.2) is 0 Å². The summed E-state index contributed by atoms with van der Waals surface area (Å²) in [4.78, 5) is 5.37. The van der Waals surface area contributed by atoms with Crippen molar-refractivity contribution < 1.29 is 19.8 Å². The minimum absolute atomic E-state index is 0.0411. The highest BCUT2D eigenvalue weighted by molar-refractivity contribution is 6.32. The van der Waals surface area contributed by atoms with Gasteiger partial charge in [-0.1, -0.05) is 16.8 Å². The number of aromatic nitrogens is 1. The first-order valence-electron chi connectivity index (χ1n) is 7.24. The molecule has 130 valence electrons. The Labute approximate surface area is 149 Å². The number of pyridine rings is 1. The molecule has 0 saturated heterocycles. The molecule has 8 heteroatoms. The van der Waals surface area contributed by atoms with Gasteiger partial charge in [-0.3, -0.25) is 0 Å². The van der Waals surface area contributed by atoms with E-state index in [1.165, 1.54) is 24.4 Å². The number of oxime groups is 1. The molecule has 1 heterocycles. The van der Waals surface area contributed by atoms with E-state index in [9.17, 15) is 15.4 Å². The number of hydrogen-bond donors (Lipinski definition) is 2. The fourth-order valence-corrected chi connectivity index (χ4v) is 2.15. The Morgan fingerprint density at radius 2 is 2.00 bits per heavy atom. The monoisotopic (exact) mass is 361 g/mol. The third kappa shape index (κ3) is 4.11. The molecule has 1 aromatic carbocycles. The topological polar surface area (TPSA) is 113 Å². The summed E-state index contributed by atoms with van der Waals surface area (Å²) in [5.41, 5.74) is -0.921. The van der Waals surface area contributed by atoms with E-state index in [1.54, 1.807) is 20.8 Å². The molecule has 0 aliphatic rings. The van der Waals surface area contributed by atoms with Crippen LogP contribution >= 0.6 is 11.6 Å². The first-order valence-corrected chi connectivity index (χ1v) is 7.62. The largest absolute Gasteiger partial charge is 0.618 e. The van der Waals surface area contributed by atoms with Crippen LogP contribution < -0.4 is 4.73 Å². The lowest BCUT2D eigenvalue weighted by Crippen LogP contribution is -2.35. The lowest BCUT2D eigenvalue weighted by Gasteiger charge is -2.17. The fourth-order valence-electron chi connectivity index (χ4n) is 1.94. The van der Waals surface area contributed by atoms with E-state index in [4.69, 9.17) is 21.7 Å². The van der Waals surface area contributed by atoms with Gasteiger partial charge in [0.2, 0.25) is 0 Å². The fraction of sp³-hybridized carbons (Fsp3) is 0.235. The summed E-state index contributed by atoms with van der Waals surface area (Å²) in [6, 6.07) is 6.94. The molecule has 0 aliphatic carbocycles. The van der Waals surface area contributed by atoms with E-state index < -0.39 is 5.60 Å². The number of nitrogens with zero attached hydrogens (tertiary/aromatic N) is 3. The molecule has 0 unspecified atom stereocenters. The predicted octanol–water partition coefficient (Wildman–Crippen LogP) is 2.82. The third-order valence-corrected chi connectivity index (χ3v) is 3.35. The van der Waals surface area contributed by atoms with Gasteiger partial charge in [-0.2, -0.15) is 9.99 Å². The molecule has 0 bridgehead atoms. The van der Waals surface area contributed by atoms with Crippen molar-refractivity contribution in [3.8, 4) is 17.6 Å². The van der Waals surface area contributed by atoms with Crippen LogP contribution in [0.15, 0.2) is 35.6 Å². The Morgan fingerprint density at radius 1 is 1.32 bits per heavy atom. The maximum atomic E-state index is 12.2. The van der Waals surface area contributed by atoms with Crippen molar-refractivity contribution in [2.45, 2.75) is 26.4 Å². The van der Waals surface area contributed by atoms with Gasteiger partial charge in [0.05, 0.1) is 16.1 Å². The lowest BCUT2D eigenvalue weighted by atomic mass is 10.0. The zero-order valence-electron chi connectivity index (χ0n) is 13.8. The molecule has 0 saturated carbocycles. The Morgan fingerprint density at radius 3 is 2.56 bits per heavy atom. The average Bonchev–Trinajstić information content (AvgIpc) is 2.51. The lowest BCUT2D eigenvalue weighted by molar-refractivity contribution is -0.607. The van der Waals surface area contributed by atoms with E-state index in [0.717, 1.165) is 6.07 Å². The number of rotatable bonds is 3. The molecule has 1 aromatic heterocycles. The number of phenols is 1. The SMILES string of the molecule is CC(C)(C)ON=C(c1cc(Cl)c(C#N)cc1O)c1c(O)ccc[n+]1[O-]. The highest BCUT2D eigenvalue weighted by atomic mass is 35.5. The zero-order valence-corrected chi connectivity index (χ0v) is 14.6. The van der Waals surface area contributed by atoms with Gasteiger partial charge in [0.15, 0.2) is 17.7 Å². The maximum absolute atomic E-state index is 12.2. The molecule has 0 amide bonds. The van der Waals surface area contributed by atoms with Gasteiger partial charge in [0, 0.05) is 6.07 Å². The second kappa shape index (κ2) is 6.87. The van der Waals surface area contributed by atoms with Crippen LogP contribution in [0.25, 0.3) is 0 Å². The molecular formula is C17H16ClN3O4. The average molecular weight is 362 g/mol. The number of nitriles is 1. The molecular weight excluding hydrogens is 346 g/mol. The molecule has 0 aliphatic heterocycles. The minimum atomic E-state index is -0.685. The summed E-state index contributed by atoms with van der Waals surface area (Å²) in [5.74, 6) is -0.686. The molecule has 2 N–H and O–H groups in total. The van der Waals surface area contributed by atoms with Crippen molar-refractivity contribution >= 4 is 17.3 Å². The van der Waals surface area contributed by atoms with Crippen LogP contribution in [0.2, 0.25) is 5.02 Å². The Bertz CT molecular complexity index is 862. The van der Waals surface area contributed by atoms with Crippen molar-refractivity contribution in [3.63, 3.8) is 0 Å². The van der Waals surface area contributed by atoms with Crippen LogP contribution in [-0.4, -0.2) is 21.5 Å². The van der Waals surface area contributed by atoms with Crippen molar-refractivity contribution in [1.29, 1.82) is 5.26 Å². The summed E-state index contributed by atoms with van der Waals surface area (Å²) in [6.07, 6.45) is 1.17. The number of phenolic OH excluding ortho intramolecular Hbond substituents is 1. The Balaban J connectivity index is 2.74. The molecule has 0 radical (unpaired) electrons. The highest BCUT2D eigenvalue weighted by Gasteiger charge is 2.27. The second-order valence-electron chi connectivity index (χ2n) is 6.17. The first kappa shape index (κ1) is 18.4. The van der Waals surface area contributed by atoms with Crippen LogP contribution in [0.4, 0.5) is 0 Å². The van der Waals surface area contributed by atoms with E-state index in [-0.39, 0.29) is 39.1 Å². The molecule has 0 spiro atoms. The van der Waals surface area contributed by atoms with Gasteiger partial charge in [-0.05, 0) is 39.0 Å². The third-order valence-electron chi connectivity index (χ3n) is 3.03. The highest BCUT2D eigenvalue weighted by Crippen LogP contribution is 2.30. The van der Waals surface area contributed by atoms with Gasteiger partial charge < -0.3 is 20.3 Å². The summed E-state index contributed by atoms with van der Waals surface area (Å²) in [6.45, 7) is 5.24.